The number of nitrogens with zero attached hydrogens (tertiary/aromatic N) is 1. The molecule has 1 heterocycles. The smallest absolute Gasteiger partial charge is 0.0594 e. The first kappa shape index (κ1) is 13.1. The maximum Gasteiger partial charge on any atom is 0.0594 e. The highest BCUT2D eigenvalue weighted by molar-refractivity contribution is 5.19. The summed E-state index contributed by atoms with van der Waals surface area (Å²) in [5, 5.41) is 3.34. The SMILES string of the molecule is CCc1cccnc1CNCCOC(C)C. The first-order valence-electron chi connectivity index (χ1n) is 5.99. The second-order valence-electron chi connectivity index (χ2n) is 4.06. The van der Waals surface area contributed by atoms with Crippen LogP contribution in [0.15, 0.2) is 18.3 Å². The van der Waals surface area contributed by atoms with Gasteiger partial charge in [0.1, 0.15) is 0 Å². The van der Waals surface area contributed by atoms with Crippen LogP contribution in [0.5, 0.6) is 0 Å². The van der Waals surface area contributed by atoms with Crippen molar-refractivity contribution in [2.24, 2.45) is 0 Å². The lowest BCUT2D eigenvalue weighted by atomic mass is 10.1. The van der Waals surface area contributed by atoms with Gasteiger partial charge in [-0.05, 0) is 31.9 Å². The van der Waals surface area contributed by atoms with Crippen molar-refractivity contribution in [3.63, 3.8) is 0 Å². The van der Waals surface area contributed by atoms with Crippen LogP contribution in [0.2, 0.25) is 0 Å². The number of nitrogens with one attached hydrogen (secondary N) is 1. The Hall–Kier alpha value is -0.930. The Bertz CT molecular complexity index is 300. The molecule has 0 atom stereocenters. The van der Waals surface area contributed by atoms with Gasteiger partial charge in [0.2, 0.25) is 0 Å². The molecule has 1 N–H and O–H groups in total. The minimum atomic E-state index is 0.308. The van der Waals surface area contributed by atoms with E-state index in [9.17, 15) is 0 Å². The van der Waals surface area contributed by atoms with Gasteiger partial charge in [-0.25, -0.2) is 0 Å². The summed E-state index contributed by atoms with van der Waals surface area (Å²) in [6.45, 7) is 8.71. The van der Waals surface area contributed by atoms with E-state index in [2.05, 4.69) is 23.3 Å². The molecule has 16 heavy (non-hydrogen) atoms. The normalized spacial score (nSPS) is 11.0. The molecule has 1 rings (SSSR count). The lowest BCUT2D eigenvalue weighted by Crippen LogP contribution is -2.22. The van der Waals surface area contributed by atoms with Crippen molar-refractivity contribution < 1.29 is 4.74 Å². The van der Waals surface area contributed by atoms with E-state index in [0.29, 0.717) is 6.10 Å². The first-order chi connectivity index (χ1) is 7.74. The van der Waals surface area contributed by atoms with Crippen molar-refractivity contribution in [1.29, 1.82) is 0 Å². The number of aromatic nitrogens is 1. The summed E-state index contributed by atoms with van der Waals surface area (Å²) in [6, 6.07) is 4.12. The van der Waals surface area contributed by atoms with Crippen LogP contribution in [0.4, 0.5) is 0 Å². The third-order valence-corrected chi connectivity index (χ3v) is 2.39. The lowest BCUT2D eigenvalue weighted by molar-refractivity contribution is 0.0806. The second-order valence-corrected chi connectivity index (χ2v) is 4.06. The van der Waals surface area contributed by atoms with E-state index in [0.717, 1.165) is 31.8 Å². The van der Waals surface area contributed by atoms with Crippen LogP contribution in [0.3, 0.4) is 0 Å². The van der Waals surface area contributed by atoms with E-state index in [1.807, 2.05) is 26.1 Å². The van der Waals surface area contributed by atoms with Crippen LogP contribution in [-0.2, 0) is 17.7 Å². The molecule has 0 fully saturated rings. The Kier molecular flexibility index (Phi) is 6.04. The molecule has 1 aromatic rings. The Balaban J connectivity index is 2.26. The van der Waals surface area contributed by atoms with Gasteiger partial charge in [-0.1, -0.05) is 13.0 Å². The highest BCUT2D eigenvalue weighted by Gasteiger charge is 2.00. The summed E-state index contributed by atoms with van der Waals surface area (Å²) in [5.74, 6) is 0. The molecule has 3 heteroatoms. The summed E-state index contributed by atoms with van der Waals surface area (Å²) in [7, 11) is 0. The summed E-state index contributed by atoms with van der Waals surface area (Å²) < 4.78 is 5.45. The van der Waals surface area contributed by atoms with E-state index in [1.54, 1.807) is 0 Å². The minimum Gasteiger partial charge on any atom is -0.377 e. The van der Waals surface area contributed by atoms with E-state index in [4.69, 9.17) is 4.74 Å². The van der Waals surface area contributed by atoms with Crippen LogP contribution in [-0.4, -0.2) is 24.2 Å². The van der Waals surface area contributed by atoms with Crippen molar-refractivity contribution in [1.82, 2.24) is 10.3 Å². The van der Waals surface area contributed by atoms with Gasteiger partial charge in [0.25, 0.3) is 0 Å². The number of aryl methyl sites for hydroxylation is 1. The Morgan fingerprint density at radius 1 is 1.44 bits per heavy atom. The quantitative estimate of drug-likeness (QED) is 0.718. The predicted molar refractivity (Wildman–Crippen MR) is 66.4 cm³/mol. The molecular weight excluding hydrogens is 200 g/mol. The number of hydrogen-bond acceptors (Lipinski definition) is 3. The summed E-state index contributed by atoms with van der Waals surface area (Å²) >= 11 is 0. The summed E-state index contributed by atoms with van der Waals surface area (Å²) in [6.07, 6.45) is 3.19. The third-order valence-electron chi connectivity index (χ3n) is 2.39. The standard InChI is InChI=1S/C13H22N2O/c1-4-12-6-5-7-15-13(12)10-14-8-9-16-11(2)3/h5-7,11,14H,4,8-10H2,1-3H3. The van der Waals surface area contributed by atoms with Gasteiger partial charge in [-0.15, -0.1) is 0 Å². The third kappa shape index (κ3) is 4.73. The fourth-order valence-electron chi connectivity index (χ4n) is 1.53. The molecule has 0 spiro atoms. The fourth-order valence-corrected chi connectivity index (χ4v) is 1.53. The molecule has 0 radical (unpaired) electrons. The van der Waals surface area contributed by atoms with Gasteiger partial charge in [-0.3, -0.25) is 4.98 Å². The molecule has 0 unspecified atom stereocenters. The molecule has 0 saturated heterocycles. The molecule has 0 bridgehead atoms. The van der Waals surface area contributed by atoms with Crippen LogP contribution < -0.4 is 5.32 Å². The molecule has 0 amide bonds. The van der Waals surface area contributed by atoms with E-state index in [1.165, 1.54) is 5.56 Å². The van der Waals surface area contributed by atoms with Crippen molar-refractivity contribution in [2.45, 2.75) is 39.8 Å². The summed E-state index contributed by atoms with van der Waals surface area (Å²) in [4.78, 5) is 4.38. The monoisotopic (exact) mass is 222 g/mol. The van der Waals surface area contributed by atoms with Crippen LogP contribution in [0, 0.1) is 0 Å². The van der Waals surface area contributed by atoms with Crippen LogP contribution in [0.25, 0.3) is 0 Å². The number of pyridine rings is 1. The maximum atomic E-state index is 5.45. The van der Waals surface area contributed by atoms with Crippen molar-refractivity contribution >= 4 is 0 Å². The fraction of sp³-hybridized carbons (Fsp3) is 0.615. The van der Waals surface area contributed by atoms with Gasteiger partial charge in [-0.2, -0.15) is 0 Å². The van der Waals surface area contributed by atoms with Gasteiger partial charge in [0.15, 0.2) is 0 Å². The molecule has 0 aliphatic heterocycles. The summed E-state index contributed by atoms with van der Waals surface area (Å²) in [5.41, 5.74) is 2.47. The minimum absolute atomic E-state index is 0.308. The molecule has 0 aliphatic carbocycles. The number of ether oxygens (including phenoxy) is 1. The molecule has 90 valence electrons. The average Bonchev–Trinajstić information content (AvgIpc) is 2.29. The molecule has 0 saturated carbocycles. The average molecular weight is 222 g/mol. The zero-order chi connectivity index (χ0) is 11.8. The van der Waals surface area contributed by atoms with Crippen LogP contribution >= 0.6 is 0 Å². The largest absolute Gasteiger partial charge is 0.377 e. The highest BCUT2D eigenvalue weighted by atomic mass is 16.5. The lowest BCUT2D eigenvalue weighted by Gasteiger charge is -2.10. The zero-order valence-corrected chi connectivity index (χ0v) is 10.5. The molecule has 0 aromatic carbocycles. The Morgan fingerprint density at radius 2 is 2.25 bits per heavy atom. The van der Waals surface area contributed by atoms with Crippen molar-refractivity contribution in [3.05, 3.63) is 29.6 Å². The van der Waals surface area contributed by atoms with E-state index in [-0.39, 0.29) is 0 Å². The van der Waals surface area contributed by atoms with Crippen molar-refractivity contribution in [2.75, 3.05) is 13.2 Å². The molecule has 1 aromatic heterocycles. The van der Waals surface area contributed by atoms with E-state index >= 15 is 0 Å². The maximum absolute atomic E-state index is 5.45. The highest BCUT2D eigenvalue weighted by Crippen LogP contribution is 2.05. The van der Waals surface area contributed by atoms with Gasteiger partial charge >= 0.3 is 0 Å². The first-order valence-corrected chi connectivity index (χ1v) is 5.99. The molecule has 3 nitrogen and oxygen atoms in total. The predicted octanol–water partition coefficient (Wildman–Crippen LogP) is 2.16. The zero-order valence-electron chi connectivity index (χ0n) is 10.5. The second kappa shape index (κ2) is 7.36. The topological polar surface area (TPSA) is 34.2 Å². The Labute approximate surface area is 98.2 Å². The van der Waals surface area contributed by atoms with Gasteiger partial charge in [0.05, 0.1) is 18.4 Å². The Morgan fingerprint density at radius 3 is 2.94 bits per heavy atom. The number of hydrogen-bond donors (Lipinski definition) is 1. The number of rotatable bonds is 7. The molecular formula is C13H22N2O. The van der Waals surface area contributed by atoms with Gasteiger partial charge < -0.3 is 10.1 Å². The van der Waals surface area contributed by atoms with E-state index < -0.39 is 0 Å². The van der Waals surface area contributed by atoms with Gasteiger partial charge in [0, 0.05) is 19.3 Å². The van der Waals surface area contributed by atoms with Crippen molar-refractivity contribution in [3.8, 4) is 0 Å². The molecule has 0 aliphatic rings. The van der Waals surface area contributed by atoms with Crippen LogP contribution in [0.1, 0.15) is 32.0 Å².